The summed E-state index contributed by atoms with van der Waals surface area (Å²) >= 11 is 3.40. The predicted octanol–water partition coefficient (Wildman–Crippen LogP) is 3.13. The van der Waals surface area contributed by atoms with Crippen molar-refractivity contribution < 1.29 is 9.53 Å². The number of Topliss-reactive ketones (excluding diaryl/α,β-unsaturated/α-hetero) is 1. The van der Waals surface area contributed by atoms with Gasteiger partial charge in [-0.1, -0.05) is 28.1 Å². The van der Waals surface area contributed by atoms with Crippen LogP contribution in [0.5, 0.6) is 0 Å². The number of nitrogens with zero attached hydrogens (tertiary/aromatic N) is 1. The zero-order valence-corrected chi connectivity index (χ0v) is 12.9. The van der Waals surface area contributed by atoms with Crippen molar-refractivity contribution in [2.45, 2.75) is 25.4 Å². The molecule has 0 saturated carbocycles. The highest BCUT2D eigenvalue weighted by molar-refractivity contribution is 9.10. The van der Waals surface area contributed by atoms with E-state index in [9.17, 15) is 4.79 Å². The Bertz CT molecular complexity index is 436. The Morgan fingerprint density at radius 2 is 2.37 bits per heavy atom. The van der Waals surface area contributed by atoms with Crippen molar-refractivity contribution in [3.63, 3.8) is 0 Å². The molecule has 0 spiro atoms. The lowest BCUT2D eigenvalue weighted by molar-refractivity contribution is 0.0309. The Morgan fingerprint density at radius 1 is 1.53 bits per heavy atom. The van der Waals surface area contributed by atoms with Crippen LogP contribution in [-0.2, 0) is 4.74 Å². The number of hydrogen-bond donors (Lipinski definition) is 0. The molecule has 1 saturated heterocycles. The molecule has 1 atom stereocenters. The number of benzene rings is 1. The third-order valence-electron chi connectivity index (χ3n) is 3.60. The van der Waals surface area contributed by atoms with Gasteiger partial charge in [0, 0.05) is 36.7 Å². The van der Waals surface area contributed by atoms with Crippen LogP contribution in [0.3, 0.4) is 0 Å². The second-order valence-corrected chi connectivity index (χ2v) is 5.90. The molecule has 19 heavy (non-hydrogen) atoms. The maximum atomic E-state index is 12.1. The first-order valence-electron chi connectivity index (χ1n) is 6.73. The molecular formula is C15H20BrNO2. The van der Waals surface area contributed by atoms with E-state index in [1.54, 1.807) is 7.11 Å². The first-order chi connectivity index (χ1) is 9.19. The largest absolute Gasteiger partial charge is 0.380 e. The summed E-state index contributed by atoms with van der Waals surface area (Å²) in [5, 5.41) is 0. The van der Waals surface area contributed by atoms with Crippen LogP contribution in [0.15, 0.2) is 28.7 Å². The molecule has 1 heterocycles. The Balaban J connectivity index is 1.83. The number of methoxy groups -OCH3 is 1. The maximum absolute atomic E-state index is 12.1. The number of ketones is 1. The van der Waals surface area contributed by atoms with Gasteiger partial charge in [0.1, 0.15) is 0 Å². The zero-order valence-electron chi connectivity index (χ0n) is 11.3. The fourth-order valence-electron chi connectivity index (χ4n) is 2.47. The topological polar surface area (TPSA) is 29.5 Å². The average Bonchev–Trinajstić information content (AvgIpc) is 2.45. The lowest BCUT2D eigenvalue weighted by Gasteiger charge is -2.31. The summed E-state index contributed by atoms with van der Waals surface area (Å²) < 4.78 is 6.35. The van der Waals surface area contributed by atoms with E-state index in [-0.39, 0.29) is 5.78 Å². The summed E-state index contributed by atoms with van der Waals surface area (Å²) in [6.07, 6.45) is 3.19. The monoisotopic (exact) mass is 325 g/mol. The molecule has 1 fully saturated rings. The van der Waals surface area contributed by atoms with Crippen molar-refractivity contribution in [3.05, 3.63) is 34.3 Å². The van der Waals surface area contributed by atoms with E-state index < -0.39 is 0 Å². The molecule has 1 aromatic carbocycles. The number of piperidine rings is 1. The Labute approximate surface area is 123 Å². The molecule has 1 aromatic rings. The third-order valence-corrected chi connectivity index (χ3v) is 4.09. The summed E-state index contributed by atoms with van der Waals surface area (Å²) in [6, 6.07) is 7.60. The van der Waals surface area contributed by atoms with E-state index in [4.69, 9.17) is 4.74 Å². The minimum absolute atomic E-state index is 0.209. The van der Waals surface area contributed by atoms with Gasteiger partial charge in [0.2, 0.25) is 0 Å². The van der Waals surface area contributed by atoms with Crippen LogP contribution in [0, 0.1) is 0 Å². The molecular weight excluding hydrogens is 306 g/mol. The second kappa shape index (κ2) is 7.17. The van der Waals surface area contributed by atoms with Gasteiger partial charge in [0.15, 0.2) is 5.78 Å². The number of halogens is 1. The smallest absolute Gasteiger partial charge is 0.164 e. The van der Waals surface area contributed by atoms with Gasteiger partial charge in [-0.2, -0.15) is 0 Å². The van der Waals surface area contributed by atoms with Crippen molar-refractivity contribution in [2.75, 3.05) is 26.7 Å². The van der Waals surface area contributed by atoms with Crippen molar-refractivity contribution >= 4 is 21.7 Å². The summed E-state index contributed by atoms with van der Waals surface area (Å²) in [5.74, 6) is 0.209. The maximum Gasteiger partial charge on any atom is 0.164 e. The predicted molar refractivity (Wildman–Crippen MR) is 79.6 cm³/mol. The molecule has 0 amide bonds. The number of hydrogen-bond acceptors (Lipinski definition) is 3. The molecule has 4 heteroatoms. The molecule has 0 bridgehead atoms. The van der Waals surface area contributed by atoms with Crippen LogP contribution in [0.4, 0.5) is 0 Å². The number of carbonyl (C=O) groups excluding carboxylic acids is 1. The molecule has 0 N–H and O–H groups in total. The second-order valence-electron chi connectivity index (χ2n) is 4.98. The van der Waals surface area contributed by atoms with E-state index in [0.29, 0.717) is 12.5 Å². The molecule has 1 aliphatic rings. The van der Waals surface area contributed by atoms with Gasteiger partial charge in [-0.3, -0.25) is 4.79 Å². The Hall–Kier alpha value is -0.710. The van der Waals surface area contributed by atoms with Gasteiger partial charge in [-0.05, 0) is 31.5 Å². The SMILES string of the molecule is COC1CCCN(CCC(=O)c2cccc(Br)c2)C1. The number of ether oxygens (including phenoxy) is 1. The van der Waals surface area contributed by atoms with Crippen molar-refractivity contribution in [1.82, 2.24) is 4.90 Å². The average molecular weight is 326 g/mol. The first kappa shape index (κ1) is 14.7. The Morgan fingerprint density at radius 3 is 3.11 bits per heavy atom. The lowest BCUT2D eigenvalue weighted by atomic mass is 10.1. The van der Waals surface area contributed by atoms with Gasteiger partial charge >= 0.3 is 0 Å². The van der Waals surface area contributed by atoms with E-state index >= 15 is 0 Å². The van der Waals surface area contributed by atoms with Crippen LogP contribution in [0.2, 0.25) is 0 Å². The number of carbonyl (C=O) groups is 1. The molecule has 1 aliphatic heterocycles. The van der Waals surface area contributed by atoms with Gasteiger partial charge in [-0.25, -0.2) is 0 Å². The van der Waals surface area contributed by atoms with Crippen LogP contribution in [0.25, 0.3) is 0 Å². The molecule has 1 unspecified atom stereocenters. The standard InChI is InChI=1S/C15H20BrNO2/c1-19-14-6-3-8-17(11-14)9-7-15(18)12-4-2-5-13(16)10-12/h2,4-5,10,14H,3,6-9,11H2,1H3. The van der Waals surface area contributed by atoms with Gasteiger partial charge in [-0.15, -0.1) is 0 Å². The van der Waals surface area contributed by atoms with Crippen LogP contribution < -0.4 is 0 Å². The van der Waals surface area contributed by atoms with Crippen molar-refractivity contribution in [2.24, 2.45) is 0 Å². The fraction of sp³-hybridized carbons (Fsp3) is 0.533. The summed E-state index contributed by atoms with van der Waals surface area (Å²) in [7, 11) is 1.76. The molecule has 0 aliphatic carbocycles. The van der Waals surface area contributed by atoms with E-state index in [1.165, 1.54) is 0 Å². The molecule has 0 aromatic heterocycles. The molecule has 104 valence electrons. The summed E-state index contributed by atoms with van der Waals surface area (Å²) in [5.41, 5.74) is 0.787. The molecule has 3 nitrogen and oxygen atoms in total. The Kier molecular flexibility index (Phi) is 5.55. The van der Waals surface area contributed by atoms with Crippen molar-refractivity contribution in [3.8, 4) is 0 Å². The third kappa shape index (κ3) is 4.41. The minimum Gasteiger partial charge on any atom is -0.380 e. The van der Waals surface area contributed by atoms with Crippen LogP contribution in [0.1, 0.15) is 29.6 Å². The number of rotatable bonds is 5. The van der Waals surface area contributed by atoms with E-state index in [1.807, 2.05) is 24.3 Å². The molecule has 2 rings (SSSR count). The van der Waals surface area contributed by atoms with E-state index in [2.05, 4.69) is 20.8 Å². The van der Waals surface area contributed by atoms with Crippen LogP contribution in [-0.4, -0.2) is 43.5 Å². The van der Waals surface area contributed by atoms with E-state index in [0.717, 1.165) is 42.5 Å². The normalized spacial score (nSPS) is 20.4. The fourth-order valence-corrected chi connectivity index (χ4v) is 2.87. The zero-order chi connectivity index (χ0) is 13.7. The van der Waals surface area contributed by atoms with Gasteiger partial charge < -0.3 is 9.64 Å². The highest BCUT2D eigenvalue weighted by Crippen LogP contribution is 2.15. The lowest BCUT2D eigenvalue weighted by Crippen LogP contribution is -2.40. The summed E-state index contributed by atoms with van der Waals surface area (Å²) in [6.45, 7) is 2.85. The van der Waals surface area contributed by atoms with Crippen LogP contribution >= 0.6 is 15.9 Å². The first-order valence-corrected chi connectivity index (χ1v) is 7.52. The summed E-state index contributed by atoms with van der Waals surface area (Å²) in [4.78, 5) is 14.4. The number of likely N-dealkylation sites (tertiary alicyclic amines) is 1. The highest BCUT2D eigenvalue weighted by Gasteiger charge is 2.19. The molecule has 0 radical (unpaired) electrons. The van der Waals surface area contributed by atoms with Crippen molar-refractivity contribution in [1.29, 1.82) is 0 Å². The van der Waals surface area contributed by atoms with Gasteiger partial charge in [0.05, 0.1) is 6.10 Å². The minimum atomic E-state index is 0.209. The highest BCUT2D eigenvalue weighted by atomic mass is 79.9. The quantitative estimate of drug-likeness (QED) is 0.779. The van der Waals surface area contributed by atoms with Gasteiger partial charge in [0.25, 0.3) is 0 Å².